The van der Waals surface area contributed by atoms with E-state index in [9.17, 15) is 4.79 Å². The number of anilines is 1. The number of hydrogen-bond donors (Lipinski definition) is 1. The maximum atomic E-state index is 12.3. The van der Waals surface area contributed by atoms with Crippen LogP contribution in [-0.2, 0) is 11.3 Å². The summed E-state index contributed by atoms with van der Waals surface area (Å²) in [5.41, 5.74) is 2.25. The topological polar surface area (TPSA) is 85.6 Å². The van der Waals surface area contributed by atoms with Gasteiger partial charge in [-0.2, -0.15) is 0 Å². The second-order valence-corrected chi connectivity index (χ2v) is 6.97. The van der Waals surface area contributed by atoms with Gasteiger partial charge in [-0.25, -0.2) is 4.98 Å². The molecule has 27 heavy (non-hydrogen) atoms. The van der Waals surface area contributed by atoms with E-state index in [1.54, 1.807) is 42.9 Å². The molecular formula is C18H17ClN6OS. The first kappa shape index (κ1) is 19.1. The van der Waals surface area contributed by atoms with Crippen molar-refractivity contribution in [2.24, 2.45) is 0 Å². The Morgan fingerprint density at radius 1 is 1.37 bits per heavy atom. The molecule has 0 saturated heterocycles. The lowest BCUT2D eigenvalue weighted by Gasteiger charge is -2.09. The Hall–Kier alpha value is -2.71. The zero-order valence-corrected chi connectivity index (χ0v) is 16.2. The summed E-state index contributed by atoms with van der Waals surface area (Å²) in [5, 5.41) is 12.5. The summed E-state index contributed by atoms with van der Waals surface area (Å²) in [7, 11) is 0. The van der Waals surface area contributed by atoms with Gasteiger partial charge in [0.15, 0.2) is 11.0 Å². The maximum absolute atomic E-state index is 12.3. The highest BCUT2D eigenvalue weighted by molar-refractivity contribution is 7.99. The highest BCUT2D eigenvalue weighted by Gasteiger charge is 2.16. The van der Waals surface area contributed by atoms with E-state index in [1.807, 2.05) is 11.5 Å². The van der Waals surface area contributed by atoms with E-state index in [1.165, 1.54) is 11.8 Å². The number of aryl methyl sites for hydroxylation is 1. The number of aromatic nitrogens is 5. The molecule has 2 aromatic heterocycles. The molecule has 138 valence electrons. The average molecular weight is 401 g/mol. The van der Waals surface area contributed by atoms with Gasteiger partial charge < -0.3 is 5.32 Å². The third-order valence-electron chi connectivity index (χ3n) is 3.62. The monoisotopic (exact) mass is 400 g/mol. The molecule has 1 amide bonds. The molecule has 0 aliphatic rings. The van der Waals surface area contributed by atoms with E-state index >= 15 is 0 Å². The van der Waals surface area contributed by atoms with Crippen LogP contribution in [0.4, 0.5) is 5.69 Å². The highest BCUT2D eigenvalue weighted by atomic mass is 35.5. The summed E-state index contributed by atoms with van der Waals surface area (Å²) >= 11 is 7.24. The number of nitrogens with zero attached hydrogens (tertiary/aromatic N) is 5. The molecule has 2 heterocycles. The molecule has 0 saturated carbocycles. The van der Waals surface area contributed by atoms with Gasteiger partial charge in [-0.05, 0) is 30.7 Å². The van der Waals surface area contributed by atoms with Crippen LogP contribution >= 0.6 is 23.4 Å². The Kier molecular flexibility index (Phi) is 6.20. The van der Waals surface area contributed by atoms with Gasteiger partial charge in [0.1, 0.15) is 5.69 Å². The minimum absolute atomic E-state index is 0.139. The summed E-state index contributed by atoms with van der Waals surface area (Å²) < 4.78 is 1.85. The number of nitrogens with one attached hydrogen (secondary N) is 1. The summed E-state index contributed by atoms with van der Waals surface area (Å²) in [6, 6.07) is 5.33. The highest BCUT2D eigenvalue weighted by Crippen LogP contribution is 2.23. The lowest BCUT2D eigenvalue weighted by atomic mass is 10.2. The van der Waals surface area contributed by atoms with Gasteiger partial charge in [0.05, 0.1) is 11.9 Å². The van der Waals surface area contributed by atoms with E-state index in [0.717, 1.165) is 11.3 Å². The number of halogens is 1. The van der Waals surface area contributed by atoms with Crippen LogP contribution in [0.2, 0.25) is 5.02 Å². The molecule has 7 nitrogen and oxygen atoms in total. The van der Waals surface area contributed by atoms with Gasteiger partial charge in [-0.3, -0.25) is 14.3 Å². The van der Waals surface area contributed by atoms with E-state index in [4.69, 9.17) is 11.6 Å². The first-order valence-electron chi connectivity index (χ1n) is 8.07. The van der Waals surface area contributed by atoms with E-state index in [0.29, 0.717) is 28.2 Å². The van der Waals surface area contributed by atoms with Crippen molar-refractivity contribution in [3.63, 3.8) is 0 Å². The average Bonchev–Trinajstić information content (AvgIpc) is 3.06. The number of carbonyl (C=O) groups excluding carboxylic acids is 1. The largest absolute Gasteiger partial charge is 0.325 e. The van der Waals surface area contributed by atoms with Crippen molar-refractivity contribution in [3.8, 4) is 11.5 Å². The molecule has 3 aromatic rings. The van der Waals surface area contributed by atoms with Crippen LogP contribution in [0.5, 0.6) is 0 Å². The number of rotatable bonds is 7. The van der Waals surface area contributed by atoms with Crippen LogP contribution < -0.4 is 5.32 Å². The molecule has 0 spiro atoms. The van der Waals surface area contributed by atoms with Crippen molar-refractivity contribution in [2.75, 3.05) is 11.1 Å². The lowest BCUT2D eigenvalue weighted by Crippen LogP contribution is -2.15. The normalized spacial score (nSPS) is 10.6. The molecule has 0 atom stereocenters. The van der Waals surface area contributed by atoms with Crippen LogP contribution in [0.3, 0.4) is 0 Å². The molecule has 3 rings (SSSR count). The summed E-state index contributed by atoms with van der Waals surface area (Å²) in [6.07, 6.45) is 6.55. The maximum Gasteiger partial charge on any atom is 0.234 e. The van der Waals surface area contributed by atoms with Crippen LogP contribution in [0, 0.1) is 6.92 Å². The predicted octanol–water partition coefficient (Wildman–Crippen LogP) is 3.61. The van der Waals surface area contributed by atoms with Crippen molar-refractivity contribution in [3.05, 3.63) is 60.0 Å². The smallest absolute Gasteiger partial charge is 0.234 e. The Morgan fingerprint density at radius 2 is 2.22 bits per heavy atom. The van der Waals surface area contributed by atoms with Gasteiger partial charge >= 0.3 is 0 Å². The summed E-state index contributed by atoms with van der Waals surface area (Å²) in [5.74, 6) is 0.636. The first-order valence-corrected chi connectivity index (χ1v) is 9.44. The third kappa shape index (κ3) is 4.72. The van der Waals surface area contributed by atoms with Gasteiger partial charge in [0, 0.05) is 29.6 Å². The fraction of sp³-hybridized carbons (Fsp3) is 0.167. The predicted molar refractivity (Wildman–Crippen MR) is 107 cm³/mol. The lowest BCUT2D eigenvalue weighted by molar-refractivity contribution is -0.113. The molecule has 0 radical (unpaired) electrons. The van der Waals surface area contributed by atoms with Crippen molar-refractivity contribution in [1.82, 2.24) is 24.7 Å². The van der Waals surface area contributed by atoms with E-state index in [-0.39, 0.29) is 11.7 Å². The molecule has 1 N–H and O–H groups in total. The van der Waals surface area contributed by atoms with Crippen LogP contribution in [-0.4, -0.2) is 36.4 Å². The zero-order valence-electron chi connectivity index (χ0n) is 14.6. The van der Waals surface area contributed by atoms with E-state index < -0.39 is 0 Å². The molecule has 0 aliphatic carbocycles. The molecular weight excluding hydrogens is 384 g/mol. The number of allylic oxidation sites excluding steroid dienone is 1. The number of hydrogen-bond acceptors (Lipinski definition) is 6. The molecule has 0 bridgehead atoms. The number of benzene rings is 1. The van der Waals surface area contributed by atoms with Gasteiger partial charge in [0.25, 0.3) is 0 Å². The Balaban J connectivity index is 1.71. The first-order chi connectivity index (χ1) is 13.1. The van der Waals surface area contributed by atoms with Gasteiger partial charge in [0.2, 0.25) is 5.91 Å². The fourth-order valence-corrected chi connectivity index (χ4v) is 3.35. The van der Waals surface area contributed by atoms with Crippen molar-refractivity contribution < 1.29 is 4.79 Å². The molecule has 1 aromatic carbocycles. The van der Waals surface area contributed by atoms with Crippen molar-refractivity contribution in [1.29, 1.82) is 0 Å². The number of amides is 1. The second kappa shape index (κ2) is 8.79. The Labute approximate surface area is 165 Å². The Bertz CT molecular complexity index is 960. The molecule has 9 heteroatoms. The van der Waals surface area contributed by atoms with E-state index in [2.05, 4.69) is 32.1 Å². The minimum Gasteiger partial charge on any atom is -0.325 e. The minimum atomic E-state index is -0.139. The zero-order chi connectivity index (χ0) is 19.2. The molecule has 0 aliphatic heterocycles. The quantitative estimate of drug-likeness (QED) is 0.481. The summed E-state index contributed by atoms with van der Waals surface area (Å²) in [4.78, 5) is 20.6. The van der Waals surface area contributed by atoms with Gasteiger partial charge in [-0.1, -0.05) is 29.4 Å². The standard InChI is InChI=1S/C18H17ClN6OS/c1-3-8-25-17(15-10-20-6-7-21-15)23-24-18(25)27-11-16(26)22-14-5-4-13(19)9-12(14)2/h3-7,9-10H,1,8,11H2,2H3,(H,22,26). The molecule has 0 unspecified atom stereocenters. The van der Waals surface area contributed by atoms with Gasteiger partial charge in [-0.15, -0.1) is 16.8 Å². The SMILES string of the molecule is C=CCn1c(SCC(=O)Nc2ccc(Cl)cc2C)nnc1-c1cnccn1. The van der Waals surface area contributed by atoms with Crippen LogP contribution in [0.1, 0.15) is 5.56 Å². The number of thioether (sulfide) groups is 1. The van der Waals surface area contributed by atoms with Crippen LogP contribution in [0.25, 0.3) is 11.5 Å². The second-order valence-electron chi connectivity index (χ2n) is 5.59. The fourth-order valence-electron chi connectivity index (χ4n) is 2.38. The third-order valence-corrected chi connectivity index (χ3v) is 4.82. The Morgan fingerprint density at radius 3 is 2.93 bits per heavy atom. The van der Waals surface area contributed by atoms with Crippen molar-refractivity contribution >= 4 is 35.0 Å². The molecule has 0 fully saturated rings. The summed E-state index contributed by atoms with van der Waals surface area (Å²) in [6.45, 7) is 6.16. The van der Waals surface area contributed by atoms with Crippen LogP contribution in [0.15, 0.2) is 54.6 Å². The number of carbonyl (C=O) groups is 1. The van der Waals surface area contributed by atoms with Crippen molar-refractivity contribution in [2.45, 2.75) is 18.6 Å².